The summed E-state index contributed by atoms with van der Waals surface area (Å²) < 4.78 is 13.2. The van der Waals surface area contributed by atoms with Gasteiger partial charge in [-0.2, -0.15) is 0 Å². The van der Waals surface area contributed by atoms with Gasteiger partial charge in [0, 0.05) is 18.7 Å². The van der Waals surface area contributed by atoms with Gasteiger partial charge in [-0.1, -0.05) is 12.1 Å². The van der Waals surface area contributed by atoms with E-state index in [0.717, 1.165) is 6.54 Å². The zero-order chi connectivity index (χ0) is 12.4. The fourth-order valence-electron chi connectivity index (χ4n) is 2.08. The van der Waals surface area contributed by atoms with Crippen LogP contribution in [0.3, 0.4) is 0 Å². The third kappa shape index (κ3) is 2.53. The fourth-order valence-corrected chi connectivity index (χ4v) is 2.08. The molecule has 0 aliphatic carbocycles. The highest BCUT2D eigenvalue weighted by atomic mass is 19.1. The Labute approximate surface area is 99.2 Å². The van der Waals surface area contributed by atoms with Gasteiger partial charge in [-0.25, -0.2) is 9.18 Å². The third-order valence-corrected chi connectivity index (χ3v) is 2.97. The molecule has 1 aromatic carbocycles. The standard InChI is InChI=1S/C13H14FNO2/c1-15-6-5-11(13(16)17)12(8-15)9-3-2-4-10(14)7-9/h2-4,7H,5-6,8H2,1H3,(H,16,17). The lowest BCUT2D eigenvalue weighted by Crippen LogP contribution is -2.29. The van der Waals surface area contributed by atoms with E-state index >= 15 is 0 Å². The quantitative estimate of drug-likeness (QED) is 0.852. The summed E-state index contributed by atoms with van der Waals surface area (Å²) in [7, 11) is 1.93. The fraction of sp³-hybridized carbons (Fsp3) is 0.308. The number of hydrogen-bond acceptors (Lipinski definition) is 2. The Hall–Kier alpha value is -1.68. The van der Waals surface area contributed by atoms with Crippen molar-refractivity contribution in [2.75, 3.05) is 20.1 Å². The number of aliphatic carboxylic acids is 1. The van der Waals surface area contributed by atoms with Crippen LogP contribution in [-0.2, 0) is 4.79 Å². The molecule has 1 aliphatic rings. The summed E-state index contributed by atoms with van der Waals surface area (Å²) in [5.74, 6) is -1.25. The van der Waals surface area contributed by atoms with Crippen LogP contribution in [0.15, 0.2) is 29.8 Å². The van der Waals surface area contributed by atoms with Crippen LogP contribution < -0.4 is 0 Å². The summed E-state index contributed by atoms with van der Waals surface area (Å²) in [5, 5.41) is 9.16. The van der Waals surface area contributed by atoms with Crippen LogP contribution in [-0.4, -0.2) is 36.1 Å². The molecule has 0 fully saturated rings. The minimum Gasteiger partial charge on any atom is -0.478 e. The van der Waals surface area contributed by atoms with Gasteiger partial charge in [-0.15, -0.1) is 0 Å². The Morgan fingerprint density at radius 3 is 2.88 bits per heavy atom. The smallest absolute Gasteiger partial charge is 0.331 e. The van der Waals surface area contributed by atoms with E-state index < -0.39 is 5.97 Å². The monoisotopic (exact) mass is 235 g/mol. The molecule has 1 N–H and O–H groups in total. The van der Waals surface area contributed by atoms with Gasteiger partial charge >= 0.3 is 5.97 Å². The molecule has 0 amide bonds. The van der Waals surface area contributed by atoms with Crippen molar-refractivity contribution in [2.24, 2.45) is 0 Å². The van der Waals surface area contributed by atoms with Crippen molar-refractivity contribution < 1.29 is 14.3 Å². The molecule has 1 aromatic rings. The predicted octanol–water partition coefficient (Wildman–Crippen LogP) is 2.00. The lowest BCUT2D eigenvalue weighted by molar-refractivity contribution is -0.132. The molecular weight excluding hydrogens is 221 g/mol. The number of carboxylic acids is 1. The van der Waals surface area contributed by atoms with Crippen LogP contribution in [0, 0.1) is 5.82 Å². The Morgan fingerprint density at radius 1 is 1.47 bits per heavy atom. The summed E-state index contributed by atoms with van der Waals surface area (Å²) in [4.78, 5) is 13.2. The first-order valence-electron chi connectivity index (χ1n) is 5.47. The van der Waals surface area contributed by atoms with Gasteiger partial charge in [0.05, 0.1) is 0 Å². The van der Waals surface area contributed by atoms with E-state index in [1.165, 1.54) is 12.1 Å². The average Bonchev–Trinajstić information content (AvgIpc) is 2.28. The minimum absolute atomic E-state index is 0.340. The highest BCUT2D eigenvalue weighted by Crippen LogP contribution is 2.26. The SMILES string of the molecule is CN1CCC(C(=O)O)=C(c2cccc(F)c2)C1. The summed E-state index contributed by atoms with van der Waals surface area (Å²) >= 11 is 0. The van der Waals surface area contributed by atoms with Crippen LogP contribution in [0.25, 0.3) is 5.57 Å². The molecule has 3 nitrogen and oxygen atoms in total. The lowest BCUT2D eigenvalue weighted by Gasteiger charge is -2.26. The van der Waals surface area contributed by atoms with E-state index in [9.17, 15) is 9.18 Å². The van der Waals surface area contributed by atoms with E-state index in [1.54, 1.807) is 12.1 Å². The van der Waals surface area contributed by atoms with Crippen molar-refractivity contribution in [2.45, 2.75) is 6.42 Å². The molecule has 17 heavy (non-hydrogen) atoms. The first-order valence-corrected chi connectivity index (χ1v) is 5.47. The van der Waals surface area contributed by atoms with Gasteiger partial charge in [-0.3, -0.25) is 0 Å². The van der Waals surface area contributed by atoms with E-state index in [4.69, 9.17) is 5.11 Å². The first kappa shape index (κ1) is 11.8. The number of benzene rings is 1. The molecule has 0 unspecified atom stereocenters. The normalized spacial score (nSPS) is 17.3. The van der Waals surface area contributed by atoms with Crippen LogP contribution >= 0.6 is 0 Å². The summed E-state index contributed by atoms with van der Waals surface area (Å²) in [6.45, 7) is 1.27. The largest absolute Gasteiger partial charge is 0.478 e. The molecular formula is C13H14FNO2. The molecule has 0 bridgehead atoms. The number of carboxylic acid groups (broad SMARTS) is 1. The summed E-state index contributed by atoms with van der Waals surface area (Å²) in [6, 6.07) is 6.10. The Bertz CT molecular complexity index is 482. The molecule has 0 saturated carbocycles. The topological polar surface area (TPSA) is 40.5 Å². The van der Waals surface area contributed by atoms with E-state index in [-0.39, 0.29) is 5.82 Å². The lowest BCUT2D eigenvalue weighted by atomic mass is 9.94. The first-order chi connectivity index (χ1) is 8.08. The van der Waals surface area contributed by atoms with Crippen molar-refractivity contribution in [3.05, 3.63) is 41.2 Å². The zero-order valence-electron chi connectivity index (χ0n) is 9.61. The van der Waals surface area contributed by atoms with Crippen LogP contribution in [0.4, 0.5) is 4.39 Å². The number of carbonyl (C=O) groups is 1. The molecule has 1 aliphatic heterocycles. The van der Waals surface area contributed by atoms with Gasteiger partial charge in [-0.05, 0) is 36.7 Å². The van der Waals surface area contributed by atoms with Crippen LogP contribution in [0.1, 0.15) is 12.0 Å². The molecule has 0 saturated heterocycles. The van der Waals surface area contributed by atoms with Crippen molar-refractivity contribution in [3.63, 3.8) is 0 Å². The predicted molar refractivity (Wildman–Crippen MR) is 63.1 cm³/mol. The molecule has 2 rings (SSSR count). The minimum atomic E-state index is -0.905. The summed E-state index contributed by atoms with van der Waals surface area (Å²) in [6.07, 6.45) is 0.498. The number of halogens is 1. The highest BCUT2D eigenvalue weighted by Gasteiger charge is 2.22. The van der Waals surface area contributed by atoms with E-state index in [1.807, 2.05) is 11.9 Å². The number of rotatable bonds is 2. The Balaban J connectivity index is 2.48. The average molecular weight is 235 g/mol. The Morgan fingerprint density at radius 2 is 2.24 bits per heavy atom. The van der Waals surface area contributed by atoms with Gasteiger partial charge in [0.15, 0.2) is 0 Å². The van der Waals surface area contributed by atoms with E-state index in [2.05, 4.69) is 0 Å². The van der Waals surface area contributed by atoms with Gasteiger partial charge in [0.1, 0.15) is 5.82 Å². The molecule has 90 valence electrons. The van der Waals surface area contributed by atoms with Gasteiger partial charge < -0.3 is 10.0 Å². The molecule has 4 heteroatoms. The second-order valence-electron chi connectivity index (χ2n) is 4.26. The second kappa shape index (κ2) is 4.67. The van der Waals surface area contributed by atoms with Crippen molar-refractivity contribution in [1.82, 2.24) is 4.90 Å². The number of hydrogen-bond donors (Lipinski definition) is 1. The summed E-state index contributed by atoms with van der Waals surface area (Å²) in [5.41, 5.74) is 1.77. The highest BCUT2D eigenvalue weighted by molar-refractivity contribution is 5.97. The second-order valence-corrected chi connectivity index (χ2v) is 4.26. The van der Waals surface area contributed by atoms with Crippen LogP contribution in [0.2, 0.25) is 0 Å². The maximum absolute atomic E-state index is 13.2. The zero-order valence-corrected chi connectivity index (χ0v) is 9.61. The molecule has 1 heterocycles. The molecule has 0 aromatic heterocycles. The number of nitrogens with zero attached hydrogens (tertiary/aromatic N) is 1. The molecule has 0 radical (unpaired) electrons. The third-order valence-electron chi connectivity index (χ3n) is 2.97. The van der Waals surface area contributed by atoms with Crippen molar-refractivity contribution >= 4 is 11.5 Å². The van der Waals surface area contributed by atoms with Crippen LogP contribution in [0.5, 0.6) is 0 Å². The van der Waals surface area contributed by atoms with Gasteiger partial charge in [0.25, 0.3) is 0 Å². The number of likely N-dealkylation sites (N-methyl/N-ethyl adjacent to an activating group) is 1. The maximum atomic E-state index is 13.2. The molecule has 0 spiro atoms. The molecule has 0 atom stereocenters. The maximum Gasteiger partial charge on any atom is 0.331 e. The van der Waals surface area contributed by atoms with E-state index in [0.29, 0.717) is 29.7 Å². The van der Waals surface area contributed by atoms with Gasteiger partial charge in [0.2, 0.25) is 0 Å². The van der Waals surface area contributed by atoms with Crippen molar-refractivity contribution in [3.8, 4) is 0 Å². The Kier molecular flexibility index (Phi) is 3.24. The van der Waals surface area contributed by atoms with Crippen molar-refractivity contribution in [1.29, 1.82) is 0 Å².